The number of carbonyl (C=O) groups is 1. The molecule has 1 atom stereocenters. The van der Waals surface area contributed by atoms with Gasteiger partial charge in [-0.05, 0) is 48.7 Å². The summed E-state index contributed by atoms with van der Waals surface area (Å²) in [5.74, 6) is 0.521. The zero-order valence-electron chi connectivity index (χ0n) is 16.1. The molecule has 1 aliphatic heterocycles. The van der Waals surface area contributed by atoms with Crippen LogP contribution in [-0.4, -0.2) is 28.0 Å². The maximum absolute atomic E-state index is 12.7. The number of fused-ring (bicyclic) bond motifs is 1. The summed E-state index contributed by atoms with van der Waals surface area (Å²) in [7, 11) is 1.64. The van der Waals surface area contributed by atoms with Crippen molar-refractivity contribution in [1.82, 2.24) is 15.0 Å². The Morgan fingerprint density at radius 3 is 2.75 bits per heavy atom. The van der Waals surface area contributed by atoms with Crippen molar-refractivity contribution in [1.29, 1.82) is 0 Å². The monoisotopic (exact) mass is 378 g/mol. The summed E-state index contributed by atoms with van der Waals surface area (Å²) in [6.45, 7) is 4.73. The van der Waals surface area contributed by atoms with Gasteiger partial charge in [-0.25, -0.2) is 4.68 Å². The number of benzene rings is 2. The quantitative estimate of drug-likeness (QED) is 0.753. The summed E-state index contributed by atoms with van der Waals surface area (Å²) < 4.78 is 12.9. The predicted molar refractivity (Wildman–Crippen MR) is 104 cm³/mol. The van der Waals surface area contributed by atoms with Crippen LogP contribution >= 0.6 is 0 Å². The number of carbonyl (C=O) groups excluding carboxylic acids is 1. The molecule has 0 bridgehead atoms. The number of hydrogen-bond acceptors (Lipinski definition) is 5. The van der Waals surface area contributed by atoms with Crippen LogP contribution in [-0.2, 0) is 17.9 Å². The molecule has 28 heavy (non-hydrogen) atoms. The largest absolute Gasteiger partial charge is 0.497 e. The Bertz CT molecular complexity index is 1010. The Morgan fingerprint density at radius 2 is 2.00 bits per heavy atom. The molecule has 0 fully saturated rings. The van der Waals surface area contributed by atoms with Gasteiger partial charge in [-0.1, -0.05) is 29.5 Å². The minimum absolute atomic E-state index is 0.143. The number of aryl methyl sites for hydroxylation is 2. The fraction of sp³-hybridized carbons (Fsp3) is 0.286. The molecule has 0 unspecified atom stereocenters. The van der Waals surface area contributed by atoms with Crippen LogP contribution in [0.4, 0.5) is 5.69 Å². The highest BCUT2D eigenvalue weighted by Crippen LogP contribution is 2.28. The van der Waals surface area contributed by atoms with Gasteiger partial charge in [-0.2, -0.15) is 0 Å². The highest BCUT2D eigenvalue weighted by atomic mass is 16.5. The highest BCUT2D eigenvalue weighted by molar-refractivity contribution is 6.04. The molecule has 1 amide bonds. The zero-order valence-corrected chi connectivity index (χ0v) is 16.1. The molecule has 2 aromatic carbocycles. The lowest BCUT2D eigenvalue weighted by Gasteiger charge is -2.24. The van der Waals surface area contributed by atoms with Crippen molar-refractivity contribution in [2.75, 3.05) is 12.4 Å². The fourth-order valence-corrected chi connectivity index (χ4v) is 3.26. The van der Waals surface area contributed by atoms with E-state index in [-0.39, 0.29) is 18.6 Å². The third kappa shape index (κ3) is 3.48. The van der Waals surface area contributed by atoms with E-state index in [0.717, 1.165) is 28.1 Å². The number of hydrogen-bond donors (Lipinski definition) is 1. The number of nitrogens with one attached hydrogen (secondary N) is 1. The van der Waals surface area contributed by atoms with Crippen molar-refractivity contribution in [3.05, 3.63) is 70.5 Å². The van der Waals surface area contributed by atoms with Crippen molar-refractivity contribution >= 4 is 11.6 Å². The van der Waals surface area contributed by atoms with Crippen molar-refractivity contribution in [2.24, 2.45) is 0 Å². The Kier molecular flexibility index (Phi) is 4.83. The van der Waals surface area contributed by atoms with Crippen LogP contribution in [0.3, 0.4) is 0 Å². The molecule has 1 N–H and O–H groups in total. The molecule has 2 heterocycles. The molecule has 0 saturated heterocycles. The highest BCUT2D eigenvalue weighted by Gasteiger charge is 2.28. The maximum atomic E-state index is 12.7. The molecule has 3 aromatic rings. The second kappa shape index (κ2) is 7.44. The van der Waals surface area contributed by atoms with Gasteiger partial charge in [0.05, 0.1) is 26.0 Å². The molecule has 0 spiro atoms. The lowest BCUT2D eigenvalue weighted by Crippen LogP contribution is -2.24. The zero-order chi connectivity index (χ0) is 19.7. The van der Waals surface area contributed by atoms with Crippen LogP contribution in [0.5, 0.6) is 5.75 Å². The number of aromatic nitrogens is 3. The van der Waals surface area contributed by atoms with Crippen molar-refractivity contribution in [2.45, 2.75) is 33.1 Å². The summed E-state index contributed by atoms with van der Waals surface area (Å²) >= 11 is 0. The Balaban J connectivity index is 1.51. The van der Waals surface area contributed by atoms with Crippen molar-refractivity contribution in [3.8, 4) is 5.75 Å². The van der Waals surface area contributed by atoms with Gasteiger partial charge in [0.25, 0.3) is 5.91 Å². The molecular formula is C21H22N4O3. The Morgan fingerprint density at radius 1 is 1.21 bits per heavy atom. The smallest absolute Gasteiger partial charge is 0.278 e. The molecule has 7 nitrogen and oxygen atoms in total. The number of ether oxygens (including phenoxy) is 2. The Labute approximate surface area is 163 Å². The summed E-state index contributed by atoms with van der Waals surface area (Å²) in [6, 6.07) is 13.7. The molecule has 1 aromatic heterocycles. The fourth-order valence-electron chi connectivity index (χ4n) is 3.26. The van der Waals surface area contributed by atoms with Crippen molar-refractivity contribution in [3.63, 3.8) is 0 Å². The average Bonchev–Trinajstić information content (AvgIpc) is 3.14. The lowest BCUT2D eigenvalue weighted by molar-refractivity contribution is -0.00173. The van der Waals surface area contributed by atoms with Gasteiger partial charge in [0, 0.05) is 5.69 Å². The minimum atomic E-state index is -0.276. The first-order valence-electron chi connectivity index (χ1n) is 9.11. The third-order valence-corrected chi connectivity index (χ3v) is 4.94. The van der Waals surface area contributed by atoms with Gasteiger partial charge in [-0.3, -0.25) is 4.79 Å². The first-order chi connectivity index (χ1) is 13.5. The van der Waals surface area contributed by atoms with E-state index in [9.17, 15) is 4.79 Å². The van der Waals surface area contributed by atoms with Gasteiger partial charge in [0.1, 0.15) is 11.9 Å². The molecule has 7 heteroatoms. The van der Waals surface area contributed by atoms with Crippen molar-refractivity contribution < 1.29 is 14.3 Å². The van der Waals surface area contributed by atoms with E-state index in [1.807, 2.05) is 56.3 Å². The van der Waals surface area contributed by atoms with Gasteiger partial charge in [0.15, 0.2) is 5.69 Å². The first kappa shape index (κ1) is 18.2. The molecule has 0 saturated carbocycles. The van der Waals surface area contributed by atoms with E-state index in [0.29, 0.717) is 17.9 Å². The van der Waals surface area contributed by atoms with Crippen LogP contribution in [0.1, 0.15) is 39.0 Å². The summed E-state index contributed by atoms with van der Waals surface area (Å²) in [6.07, 6.45) is -0.143. The number of amides is 1. The topological polar surface area (TPSA) is 78.3 Å². The minimum Gasteiger partial charge on any atom is -0.497 e. The number of nitrogens with zero attached hydrogens (tertiary/aromatic N) is 3. The maximum Gasteiger partial charge on any atom is 0.278 e. The summed E-state index contributed by atoms with van der Waals surface area (Å²) in [5.41, 5.74) is 4.87. The van der Waals surface area contributed by atoms with Gasteiger partial charge in [0.2, 0.25) is 0 Å². The molecular weight excluding hydrogens is 356 g/mol. The SMILES string of the molecule is COc1ccc([C@H]2Cn3nnc(C(=O)Nc4cc(C)ccc4C)c3CO2)cc1. The van der Waals surface area contributed by atoms with Gasteiger partial charge in [-0.15, -0.1) is 5.10 Å². The normalized spacial score (nSPS) is 15.8. The lowest BCUT2D eigenvalue weighted by atomic mass is 10.1. The van der Waals surface area contributed by atoms with Crippen LogP contribution < -0.4 is 10.1 Å². The van der Waals surface area contributed by atoms with E-state index < -0.39 is 0 Å². The number of anilines is 1. The number of rotatable bonds is 4. The average molecular weight is 378 g/mol. The van der Waals surface area contributed by atoms with E-state index in [1.54, 1.807) is 11.8 Å². The van der Waals surface area contributed by atoms with E-state index in [1.165, 1.54) is 0 Å². The molecule has 4 rings (SSSR count). The van der Waals surface area contributed by atoms with Crippen LogP contribution in [0.2, 0.25) is 0 Å². The molecule has 0 radical (unpaired) electrons. The predicted octanol–water partition coefficient (Wildman–Crippen LogP) is 3.43. The molecule has 144 valence electrons. The van der Waals surface area contributed by atoms with Crippen LogP contribution in [0.15, 0.2) is 42.5 Å². The summed E-state index contributed by atoms with van der Waals surface area (Å²) in [4.78, 5) is 12.7. The van der Waals surface area contributed by atoms with Crippen LogP contribution in [0.25, 0.3) is 0 Å². The third-order valence-electron chi connectivity index (χ3n) is 4.94. The van der Waals surface area contributed by atoms with Crippen LogP contribution in [0, 0.1) is 13.8 Å². The Hall–Kier alpha value is -3.19. The van der Waals surface area contributed by atoms with Gasteiger partial charge < -0.3 is 14.8 Å². The second-order valence-electron chi connectivity index (χ2n) is 6.91. The van der Waals surface area contributed by atoms with E-state index in [2.05, 4.69) is 15.6 Å². The van der Waals surface area contributed by atoms with E-state index >= 15 is 0 Å². The molecule has 0 aliphatic carbocycles. The molecule has 1 aliphatic rings. The van der Waals surface area contributed by atoms with Gasteiger partial charge >= 0.3 is 0 Å². The number of methoxy groups -OCH3 is 1. The standard InChI is InChI=1S/C21H22N4O3/c1-13-4-5-14(2)17(10-13)22-21(26)20-18-12-28-19(11-25(18)24-23-20)15-6-8-16(27-3)9-7-15/h4-10,19H,11-12H2,1-3H3,(H,22,26)/t19-/m1/s1. The van der Waals surface area contributed by atoms with E-state index in [4.69, 9.17) is 9.47 Å². The summed E-state index contributed by atoms with van der Waals surface area (Å²) in [5, 5.41) is 11.2. The second-order valence-corrected chi connectivity index (χ2v) is 6.91. The first-order valence-corrected chi connectivity index (χ1v) is 9.11.